The van der Waals surface area contributed by atoms with Crippen LogP contribution in [0.5, 0.6) is 0 Å². The molecule has 1 rings (SSSR count). The molecule has 0 aromatic carbocycles. The highest BCUT2D eigenvalue weighted by Crippen LogP contribution is 2.11. The van der Waals surface area contributed by atoms with Gasteiger partial charge < -0.3 is 10.5 Å². The van der Waals surface area contributed by atoms with Gasteiger partial charge in [0.25, 0.3) is 0 Å². The van der Waals surface area contributed by atoms with Gasteiger partial charge in [-0.1, -0.05) is 13.8 Å². The maximum Gasteiger partial charge on any atom is 0.137 e. The van der Waals surface area contributed by atoms with E-state index in [-0.39, 0.29) is 6.04 Å². The summed E-state index contributed by atoms with van der Waals surface area (Å²) < 4.78 is 0. The lowest BCUT2D eigenvalue weighted by Crippen LogP contribution is -2.25. The molecule has 74 valence electrons. The van der Waals surface area contributed by atoms with Gasteiger partial charge in [0.2, 0.25) is 0 Å². The predicted molar refractivity (Wildman–Crippen MR) is 53.2 cm³/mol. The van der Waals surface area contributed by atoms with Crippen molar-refractivity contribution >= 4 is 6.29 Å². The lowest BCUT2D eigenvalue weighted by molar-refractivity contribution is -0.111. The van der Waals surface area contributed by atoms with Gasteiger partial charge in [-0.05, 0) is 33.5 Å². The molecule has 1 aliphatic rings. The van der Waals surface area contributed by atoms with Crippen molar-refractivity contribution in [2.45, 2.75) is 32.7 Å². The fraction of sp³-hybridized carbons (Fsp3) is 0.889. The highest BCUT2D eigenvalue weighted by atomic mass is 16.1. The number of nitrogens with two attached hydrogens (primary N) is 1. The van der Waals surface area contributed by atoms with E-state index in [1.54, 1.807) is 0 Å². The first kappa shape index (κ1) is 14.1. The Morgan fingerprint density at radius 1 is 1.42 bits per heavy atom. The Morgan fingerprint density at radius 3 is 2.08 bits per heavy atom. The molecule has 12 heavy (non-hydrogen) atoms. The van der Waals surface area contributed by atoms with Crippen molar-refractivity contribution < 1.29 is 4.79 Å². The van der Waals surface area contributed by atoms with Crippen LogP contribution in [0.25, 0.3) is 0 Å². The van der Waals surface area contributed by atoms with Crippen LogP contribution in [-0.2, 0) is 4.79 Å². The van der Waals surface area contributed by atoms with Crippen LogP contribution in [0.1, 0.15) is 26.7 Å². The smallest absolute Gasteiger partial charge is 0.137 e. The molecule has 1 aliphatic heterocycles. The minimum atomic E-state index is 0.218. The van der Waals surface area contributed by atoms with Crippen LogP contribution in [0, 0.1) is 0 Å². The largest absolute Gasteiger partial charge is 0.333 e. The Balaban J connectivity index is 0. The number of hydrogen-bond acceptors (Lipinski definition) is 3. The summed E-state index contributed by atoms with van der Waals surface area (Å²) in [5, 5.41) is 0. The summed E-state index contributed by atoms with van der Waals surface area (Å²) in [5.74, 6) is 0. The third kappa shape index (κ3) is 5.27. The van der Waals surface area contributed by atoms with E-state index in [0.29, 0.717) is 0 Å². The molecule has 0 spiro atoms. The van der Waals surface area contributed by atoms with Gasteiger partial charge in [0.1, 0.15) is 6.29 Å². The molecule has 0 amide bonds. The molecule has 0 radical (unpaired) electrons. The highest BCUT2D eigenvalue weighted by molar-refractivity contribution is 5.57. The van der Waals surface area contributed by atoms with Gasteiger partial charge in [0.05, 0.1) is 6.04 Å². The van der Waals surface area contributed by atoms with Crippen molar-refractivity contribution in [2.24, 2.45) is 5.73 Å². The van der Waals surface area contributed by atoms with E-state index in [2.05, 4.69) is 10.6 Å². The second-order valence-corrected chi connectivity index (χ2v) is 2.33. The zero-order valence-electron chi connectivity index (χ0n) is 8.71. The number of likely N-dealkylation sites (tertiary alicyclic amines) is 1. The summed E-state index contributed by atoms with van der Waals surface area (Å²) >= 11 is 0. The minimum Gasteiger partial charge on any atom is -0.333 e. The van der Waals surface area contributed by atoms with Gasteiger partial charge in [-0.2, -0.15) is 0 Å². The van der Waals surface area contributed by atoms with Crippen LogP contribution < -0.4 is 5.73 Å². The van der Waals surface area contributed by atoms with Crippen LogP contribution >= 0.6 is 0 Å². The average Bonchev–Trinajstić information content (AvgIpc) is 2.58. The first-order valence-electron chi connectivity index (χ1n) is 4.58. The Hall–Kier alpha value is -0.410. The molecular formula is C9H22N2O. The number of aldehydes is 1. The second kappa shape index (κ2) is 10.6. The van der Waals surface area contributed by atoms with E-state index in [9.17, 15) is 4.79 Å². The number of likely N-dealkylation sites (N-methyl/N-ethyl adjacent to an activating group) is 1. The summed E-state index contributed by atoms with van der Waals surface area (Å²) in [5.41, 5.74) is 4.50. The van der Waals surface area contributed by atoms with E-state index < -0.39 is 0 Å². The maximum absolute atomic E-state index is 10.2. The summed E-state index contributed by atoms with van der Waals surface area (Å²) in [4.78, 5) is 12.3. The molecule has 1 heterocycles. The van der Waals surface area contributed by atoms with Crippen molar-refractivity contribution in [1.29, 1.82) is 0 Å². The van der Waals surface area contributed by atoms with Gasteiger partial charge in [-0.25, -0.2) is 0 Å². The lowest BCUT2D eigenvalue weighted by Gasteiger charge is -2.10. The topological polar surface area (TPSA) is 46.3 Å². The minimum absolute atomic E-state index is 0.218. The zero-order valence-corrected chi connectivity index (χ0v) is 8.71. The van der Waals surface area contributed by atoms with Gasteiger partial charge in [-0.15, -0.1) is 0 Å². The SMILES string of the molecule is CC.CN.CN1CCCC1C=O. The van der Waals surface area contributed by atoms with Gasteiger partial charge in [0.15, 0.2) is 0 Å². The zero-order chi connectivity index (χ0) is 9.98. The van der Waals surface area contributed by atoms with Crippen molar-refractivity contribution in [3.63, 3.8) is 0 Å². The van der Waals surface area contributed by atoms with Crippen molar-refractivity contribution in [3.05, 3.63) is 0 Å². The molecule has 2 N–H and O–H groups in total. The van der Waals surface area contributed by atoms with E-state index in [1.165, 1.54) is 13.5 Å². The molecule has 0 aliphatic carbocycles. The predicted octanol–water partition coefficient (Wildman–Crippen LogP) is 0.881. The fourth-order valence-corrected chi connectivity index (χ4v) is 1.11. The van der Waals surface area contributed by atoms with Crippen LogP contribution in [0.15, 0.2) is 0 Å². The number of hydrogen-bond donors (Lipinski definition) is 1. The van der Waals surface area contributed by atoms with E-state index in [1.807, 2.05) is 20.9 Å². The van der Waals surface area contributed by atoms with Gasteiger partial charge >= 0.3 is 0 Å². The van der Waals surface area contributed by atoms with Crippen LogP contribution in [-0.4, -0.2) is 37.9 Å². The maximum atomic E-state index is 10.2. The van der Waals surface area contributed by atoms with Gasteiger partial charge in [-0.3, -0.25) is 4.90 Å². The molecule has 1 fully saturated rings. The normalized spacial score (nSPS) is 21.6. The lowest BCUT2D eigenvalue weighted by atomic mass is 10.2. The number of nitrogens with zero attached hydrogens (tertiary/aromatic N) is 1. The first-order valence-corrected chi connectivity index (χ1v) is 4.58. The third-order valence-electron chi connectivity index (χ3n) is 1.73. The second-order valence-electron chi connectivity index (χ2n) is 2.33. The third-order valence-corrected chi connectivity index (χ3v) is 1.73. The Kier molecular flexibility index (Phi) is 12.5. The molecule has 3 heteroatoms. The molecule has 3 nitrogen and oxygen atoms in total. The van der Waals surface area contributed by atoms with E-state index in [0.717, 1.165) is 19.3 Å². The van der Waals surface area contributed by atoms with Crippen LogP contribution in [0.2, 0.25) is 0 Å². The Morgan fingerprint density at radius 2 is 1.92 bits per heavy atom. The summed E-state index contributed by atoms with van der Waals surface area (Å²) in [7, 11) is 3.49. The summed E-state index contributed by atoms with van der Waals surface area (Å²) in [6.07, 6.45) is 3.27. The molecule has 1 atom stereocenters. The first-order chi connectivity index (χ1) is 5.84. The molecular weight excluding hydrogens is 152 g/mol. The standard InChI is InChI=1S/C6H11NO.C2H6.CH5N/c1-7-4-2-3-6(7)5-8;2*1-2/h5-6H,2-4H2,1H3;1-2H3;2H2,1H3. The molecule has 0 saturated carbocycles. The van der Waals surface area contributed by atoms with Crippen LogP contribution in [0.3, 0.4) is 0 Å². The average molecular weight is 174 g/mol. The summed E-state index contributed by atoms with van der Waals surface area (Å²) in [6.45, 7) is 5.09. The highest BCUT2D eigenvalue weighted by Gasteiger charge is 2.18. The fourth-order valence-electron chi connectivity index (χ4n) is 1.11. The van der Waals surface area contributed by atoms with Crippen LogP contribution in [0.4, 0.5) is 0 Å². The Labute approximate surface area is 75.9 Å². The Bertz CT molecular complexity index is 96.5. The quantitative estimate of drug-likeness (QED) is 0.600. The number of rotatable bonds is 1. The number of carbonyl (C=O) groups excluding carboxylic acids is 1. The molecule has 0 aromatic rings. The monoisotopic (exact) mass is 174 g/mol. The molecule has 1 unspecified atom stereocenters. The van der Waals surface area contributed by atoms with Gasteiger partial charge in [0, 0.05) is 0 Å². The van der Waals surface area contributed by atoms with E-state index in [4.69, 9.17) is 0 Å². The molecule has 0 bridgehead atoms. The van der Waals surface area contributed by atoms with Crippen molar-refractivity contribution in [1.82, 2.24) is 4.90 Å². The van der Waals surface area contributed by atoms with Crippen molar-refractivity contribution in [3.8, 4) is 0 Å². The van der Waals surface area contributed by atoms with E-state index >= 15 is 0 Å². The molecule has 0 aromatic heterocycles. The summed E-state index contributed by atoms with van der Waals surface area (Å²) in [6, 6.07) is 0.218. The molecule has 1 saturated heterocycles. The van der Waals surface area contributed by atoms with Crippen molar-refractivity contribution in [2.75, 3.05) is 20.6 Å². The number of carbonyl (C=O) groups is 1.